The highest BCUT2D eigenvalue weighted by atomic mass is 32.1. The zero-order valence-electron chi connectivity index (χ0n) is 32.0. The molecule has 5 rings (SSSR count). The Morgan fingerprint density at radius 3 is 2.07 bits per heavy atom. The minimum absolute atomic E-state index is 0.0978. The lowest BCUT2D eigenvalue weighted by atomic mass is 9.95. The number of hydrogen-bond donors (Lipinski definition) is 4. The summed E-state index contributed by atoms with van der Waals surface area (Å²) >= 11 is 1.36. The Morgan fingerprint density at radius 2 is 1.45 bits per heavy atom. The number of benzene rings is 3. The number of nitrogens with one attached hydrogen (secondary N) is 2. The molecule has 288 valence electrons. The van der Waals surface area contributed by atoms with Gasteiger partial charge in [0.1, 0.15) is 17.8 Å². The number of unbranched alkanes of at least 4 members (excludes halogenated alkanes) is 4. The van der Waals surface area contributed by atoms with E-state index < -0.39 is 35.9 Å². The minimum atomic E-state index is -1.43. The Hall–Kier alpha value is -5.39. The van der Waals surface area contributed by atoms with Gasteiger partial charge in [-0.1, -0.05) is 120 Å². The first kappa shape index (κ1) is 40.8. The van der Waals surface area contributed by atoms with Crippen LogP contribution in [0.3, 0.4) is 0 Å². The highest BCUT2D eigenvalue weighted by molar-refractivity contribution is 7.14. The van der Waals surface area contributed by atoms with E-state index in [1.165, 1.54) is 37.0 Å². The van der Waals surface area contributed by atoms with Gasteiger partial charge in [0.2, 0.25) is 5.91 Å². The predicted octanol–water partition coefficient (Wildman–Crippen LogP) is 8.13. The summed E-state index contributed by atoms with van der Waals surface area (Å²) in [6, 6.07) is 24.1. The van der Waals surface area contributed by atoms with Crippen LogP contribution in [0, 0.1) is 0 Å². The maximum absolute atomic E-state index is 13.8. The average molecular weight is 762 g/mol. The molecule has 11 heteroatoms. The maximum Gasteiger partial charge on any atom is 0.328 e. The Kier molecular flexibility index (Phi) is 14.3. The third-order valence-corrected chi connectivity index (χ3v) is 10.8. The molecule has 2 amide bonds. The SMILES string of the molecule is CCCCCCCOc1ccc(-c2cnc(-c3ccc(CC(NC(=O)c4ccc(C(C)(C)C)s4)C(=O)NC(C(=O)O)C(N)c4ccccc4)cc3)nc2)cc1. The molecular formula is C44H51N5O5S. The molecular weight excluding hydrogens is 711 g/mol. The topological polar surface area (TPSA) is 157 Å². The fourth-order valence-corrected chi connectivity index (χ4v) is 6.99. The van der Waals surface area contributed by atoms with Gasteiger partial charge < -0.3 is 26.2 Å². The molecule has 0 bridgehead atoms. The Labute approximate surface area is 327 Å². The first-order chi connectivity index (χ1) is 26.4. The van der Waals surface area contributed by atoms with Gasteiger partial charge in [0.05, 0.1) is 17.5 Å². The number of carboxylic acids is 1. The molecule has 5 N–H and O–H groups in total. The number of nitrogens with zero attached hydrogens (tertiary/aromatic N) is 2. The molecule has 0 spiro atoms. The fraction of sp³-hybridized carbons (Fsp3) is 0.341. The quantitative estimate of drug-likeness (QED) is 0.0653. The molecule has 55 heavy (non-hydrogen) atoms. The molecule has 0 aliphatic carbocycles. The van der Waals surface area contributed by atoms with Gasteiger partial charge in [0, 0.05) is 34.8 Å². The van der Waals surface area contributed by atoms with Crippen molar-refractivity contribution in [3.63, 3.8) is 0 Å². The van der Waals surface area contributed by atoms with Gasteiger partial charge in [-0.05, 0) is 52.8 Å². The largest absolute Gasteiger partial charge is 0.494 e. The first-order valence-electron chi connectivity index (χ1n) is 18.8. The number of carbonyl (C=O) groups excluding carboxylic acids is 2. The summed E-state index contributed by atoms with van der Waals surface area (Å²) in [5, 5.41) is 15.5. The van der Waals surface area contributed by atoms with Crippen LogP contribution in [0.15, 0.2) is 103 Å². The van der Waals surface area contributed by atoms with Crippen LogP contribution in [0.5, 0.6) is 5.75 Å². The highest BCUT2D eigenvalue weighted by Gasteiger charge is 2.32. The van der Waals surface area contributed by atoms with Crippen molar-refractivity contribution in [3.05, 3.63) is 124 Å². The molecule has 5 aromatic rings. The summed E-state index contributed by atoms with van der Waals surface area (Å²) in [5.41, 5.74) is 10.1. The molecule has 3 unspecified atom stereocenters. The predicted molar refractivity (Wildman–Crippen MR) is 218 cm³/mol. The van der Waals surface area contributed by atoms with Crippen molar-refractivity contribution in [1.29, 1.82) is 0 Å². The second-order valence-corrected chi connectivity index (χ2v) is 15.8. The van der Waals surface area contributed by atoms with Gasteiger partial charge in [-0.2, -0.15) is 0 Å². The van der Waals surface area contributed by atoms with Gasteiger partial charge >= 0.3 is 5.97 Å². The number of nitrogens with two attached hydrogens (primary N) is 1. The van der Waals surface area contributed by atoms with Crippen LogP contribution >= 0.6 is 11.3 Å². The van der Waals surface area contributed by atoms with Crippen LogP contribution < -0.4 is 21.1 Å². The Morgan fingerprint density at radius 1 is 0.800 bits per heavy atom. The molecule has 0 saturated heterocycles. The lowest BCUT2D eigenvalue weighted by Gasteiger charge is -2.25. The molecule has 3 aromatic carbocycles. The van der Waals surface area contributed by atoms with E-state index in [1.807, 2.05) is 54.6 Å². The number of aliphatic carboxylic acids is 1. The van der Waals surface area contributed by atoms with E-state index in [2.05, 4.69) is 48.3 Å². The van der Waals surface area contributed by atoms with Crippen LogP contribution in [0.1, 0.15) is 91.5 Å². The second-order valence-electron chi connectivity index (χ2n) is 14.7. The molecule has 10 nitrogen and oxygen atoms in total. The Balaban J connectivity index is 1.27. The third kappa shape index (κ3) is 11.6. The first-order valence-corrected chi connectivity index (χ1v) is 19.6. The van der Waals surface area contributed by atoms with Crippen LogP contribution in [0.25, 0.3) is 22.5 Å². The number of ether oxygens (including phenoxy) is 1. The zero-order valence-corrected chi connectivity index (χ0v) is 32.8. The van der Waals surface area contributed by atoms with E-state index in [0.717, 1.165) is 39.3 Å². The smallest absolute Gasteiger partial charge is 0.328 e. The number of thiophene rings is 1. The standard InChI is InChI=1S/C44H51N5O5S/c1-5-6-7-8-12-25-54-34-21-19-30(20-22-34)33-27-46-40(47-28-33)32-17-15-29(16-18-32)26-35(48-42(51)36-23-24-37(55-36)44(2,3)4)41(50)49-39(43(52)53)38(45)31-13-10-9-11-14-31/h9-11,13-24,27-28,35,38-39H,5-8,12,25-26,45H2,1-4H3,(H,48,51)(H,49,50)(H,52,53). The Bertz CT molecular complexity index is 1990. The van der Waals surface area contributed by atoms with Gasteiger partial charge in [0.25, 0.3) is 5.91 Å². The van der Waals surface area contributed by atoms with E-state index >= 15 is 0 Å². The molecule has 2 aromatic heterocycles. The minimum Gasteiger partial charge on any atom is -0.494 e. The number of hydrogen-bond acceptors (Lipinski definition) is 8. The van der Waals surface area contributed by atoms with Crippen molar-refractivity contribution in [2.45, 2.75) is 89.8 Å². The van der Waals surface area contributed by atoms with Crippen LogP contribution in [-0.4, -0.2) is 51.5 Å². The molecule has 3 atom stereocenters. The summed E-state index contributed by atoms with van der Waals surface area (Å²) in [6.45, 7) is 9.11. The van der Waals surface area contributed by atoms with Crippen molar-refractivity contribution < 1.29 is 24.2 Å². The van der Waals surface area contributed by atoms with E-state index in [0.29, 0.717) is 22.9 Å². The van der Waals surface area contributed by atoms with Crippen molar-refractivity contribution in [3.8, 4) is 28.3 Å². The lowest BCUT2D eigenvalue weighted by molar-refractivity contribution is -0.142. The molecule has 0 aliphatic rings. The van der Waals surface area contributed by atoms with Gasteiger partial charge in [-0.3, -0.25) is 9.59 Å². The second kappa shape index (κ2) is 19.3. The number of carboxylic acid groups (broad SMARTS) is 1. The van der Waals surface area contributed by atoms with E-state index in [-0.39, 0.29) is 11.8 Å². The zero-order chi connectivity index (χ0) is 39.4. The fourth-order valence-electron chi connectivity index (χ4n) is 6.02. The maximum atomic E-state index is 13.8. The van der Waals surface area contributed by atoms with Gasteiger partial charge in [-0.15, -0.1) is 11.3 Å². The summed E-state index contributed by atoms with van der Waals surface area (Å²) in [4.78, 5) is 50.3. The van der Waals surface area contributed by atoms with Crippen molar-refractivity contribution >= 4 is 29.1 Å². The van der Waals surface area contributed by atoms with Crippen LogP contribution in [-0.2, 0) is 21.4 Å². The lowest BCUT2D eigenvalue weighted by Crippen LogP contribution is -2.55. The normalized spacial score (nSPS) is 13.0. The van der Waals surface area contributed by atoms with E-state index in [9.17, 15) is 19.5 Å². The van der Waals surface area contributed by atoms with E-state index in [1.54, 1.807) is 48.8 Å². The number of rotatable bonds is 18. The van der Waals surface area contributed by atoms with Crippen molar-refractivity contribution in [1.82, 2.24) is 20.6 Å². The molecule has 0 saturated carbocycles. The summed E-state index contributed by atoms with van der Waals surface area (Å²) in [7, 11) is 0. The van der Waals surface area contributed by atoms with Gasteiger partial charge in [0.15, 0.2) is 5.82 Å². The van der Waals surface area contributed by atoms with Crippen molar-refractivity contribution in [2.24, 2.45) is 5.73 Å². The average Bonchev–Trinajstić information content (AvgIpc) is 3.71. The number of aromatic nitrogens is 2. The van der Waals surface area contributed by atoms with Crippen LogP contribution in [0.2, 0.25) is 0 Å². The molecule has 2 heterocycles. The van der Waals surface area contributed by atoms with Crippen molar-refractivity contribution in [2.75, 3.05) is 6.61 Å². The van der Waals surface area contributed by atoms with Crippen LogP contribution in [0.4, 0.5) is 0 Å². The molecule has 0 radical (unpaired) electrons. The summed E-state index contributed by atoms with van der Waals surface area (Å²) in [5.74, 6) is -0.996. The van der Waals surface area contributed by atoms with E-state index in [4.69, 9.17) is 10.5 Å². The number of carbonyl (C=O) groups is 3. The molecule has 0 aliphatic heterocycles. The number of amides is 2. The molecule has 0 fully saturated rings. The third-order valence-electron chi connectivity index (χ3n) is 9.31. The highest BCUT2D eigenvalue weighted by Crippen LogP contribution is 2.30. The van der Waals surface area contributed by atoms with Gasteiger partial charge in [-0.25, -0.2) is 14.8 Å². The monoisotopic (exact) mass is 761 g/mol. The summed E-state index contributed by atoms with van der Waals surface area (Å²) < 4.78 is 5.90. The summed E-state index contributed by atoms with van der Waals surface area (Å²) in [6.07, 6.45) is 9.64.